The van der Waals surface area contributed by atoms with Gasteiger partial charge >= 0.3 is 5.97 Å². The van der Waals surface area contributed by atoms with Crippen LogP contribution in [0, 0.1) is 0 Å². The molecule has 0 saturated carbocycles. The van der Waals surface area contributed by atoms with Crippen molar-refractivity contribution in [3.05, 3.63) is 34.9 Å². The lowest BCUT2D eigenvalue weighted by molar-refractivity contribution is -0.160. The van der Waals surface area contributed by atoms with Gasteiger partial charge < -0.3 is 14.7 Å². The predicted octanol–water partition coefficient (Wildman–Crippen LogP) is 1.97. The monoisotopic (exact) mass is 311 g/mol. The third kappa shape index (κ3) is 3.19. The first-order chi connectivity index (χ1) is 9.99. The molecule has 21 heavy (non-hydrogen) atoms. The number of benzene rings is 1. The Hall–Kier alpha value is -1.59. The van der Waals surface area contributed by atoms with Crippen LogP contribution in [0.2, 0.25) is 5.02 Å². The second-order valence-corrected chi connectivity index (χ2v) is 5.66. The van der Waals surface area contributed by atoms with Gasteiger partial charge in [-0.1, -0.05) is 23.7 Å². The summed E-state index contributed by atoms with van der Waals surface area (Å²) in [6.45, 7) is 0.443. The molecule has 0 aromatic heterocycles. The zero-order chi connectivity index (χ0) is 15.5. The van der Waals surface area contributed by atoms with Gasteiger partial charge in [0.2, 0.25) is 5.91 Å². The minimum absolute atomic E-state index is 0.00359. The quantitative estimate of drug-likeness (QED) is 0.903. The molecule has 5 nitrogen and oxygen atoms in total. The Morgan fingerprint density at radius 1 is 1.48 bits per heavy atom. The third-order valence-corrected chi connectivity index (χ3v) is 4.05. The average molecular weight is 312 g/mol. The number of carbonyl (C=O) groups is 2. The van der Waals surface area contributed by atoms with E-state index in [1.54, 1.807) is 24.3 Å². The number of likely N-dealkylation sites (tertiary alicyclic amines) is 1. The maximum absolute atomic E-state index is 12.5. The Balaban J connectivity index is 2.19. The lowest BCUT2D eigenvalue weighted by atomic mass is 9.96. The summed E-state index contributed by atoms with van der Waals surface area (Å²) in [4.78, 5) is 25.6. The fourth-order valence-electron chi connectivity index (χ4n) is 2.83. The van der Waals surface area contributed by atoms with Gasteiger partial charge in [-0.05, 0) is 30.5 Å². The molecule has 0 bridgehead atoms. The van der Waals surface area contributed by atoms with Crippen molar-refractivity contribution < 1.29 is 19.4 Å². The highest BCUT2D eigenvalue weighted by Gasteiger charge is 2.49. The second kappa shape index (κ2) is 6.45. The molecule has 2 rings (SSSR count). The lowest BCUT2D eigenvalue weighted by Crippen LogP contribution is -2.56. The molecule has 0 aliphatic carbocycles. The van der Waals surface area contributed by atoms with E-state index in [0.717, 1.165) is 5.56 Å². The number of carboxylic acid groups (broad SMARTS) is 1. The SMILES string of the molecule is COCC1(C(=O)O)CCCN1C(=O)Cc1cccc(Cl)c1. The van der Waals surface area contributed by atoms with Crippen LogP contribution in [0.25, 0.3) is 0 Å². The van der Waals surface area contributed by atoms with Gasteiger partial charge in [0.15, 0.2) is 5.54 Å². The van der Waals surface area contributed by atoms with E-state index in [1.807, 2.05) is 0 Å². The molecule has 6 heteroatoms. The van der Waals surface area contributed by atoms with Crippen LogP contribution in [0.15, 0.2) is 24.3 Å². The molecule has 1 fully saturated rings. The van der Waals surface area contributed by atoms with Crippen molar-refractivity contribution in [3.8, 4) is 0 Å². The molecule has 0 radical (unpaired) electrons. The second-order valence-electron chi connectivity index (χ2n) is 5.23. The molecule has 114 valence electrons. The van der Waals surface area contributed by atoms with E-state index >= 15 is 0 Å². The zero-order valence-electron chi connectivity index (χ0n) is 11.8. The van der Waals surface area contributed by atoms with Gasteiger partial charge in [0.25, 0.3) is 0 Å². The maximum atomic E-state index is 12.5. The number of carbonyl (C=O) groups excluding carboxylic acids is 1. The van der Waals surface area contributed by atoms with Crippen LogP contribution < -0.4 is 0 Å². The number of carboxylic acids is 1. The average Bonchev–Trinajstić information content (AvgIpc) is 2.84. The van der Waals surface area contributed by atoms with Crippen LogP contribution >= 0.6 is 11.6 Å². The Labute approximate surface area is 128 Å². The molecule has 1 aliphatic heterocycles. The van der Waals surface area contributed by atoms with E-state index < -0.39 is 11.5 Å². The van der Waals surface area contributed by atoms with Crippen molar-refractivity contribution in [2.75, 3.05) is 20.3 Å². The summed E-state index contributed by atoms with van der Waals surface area (Å²) in [5.74, 6) is -1.23. The molecule has 1 N–H and O–H groups in total. The molecule has 1 saturated heterocycles. The van der Waals surface area contributed by atoms with Gasteiger partial charge in [-0.2, -0.15) is 0 Å². The van der Waals surface area contributed by atoms with Crippen LogP contribution in [0.3, 0.4) is 0 Å². The van der Waals surface area contributed by atoms with Crippen LogP contribution in [0.1, 0.15) is 18.4 Å². The van der Waals surface area contributed by atoms with Gasteiger partial charge in [-0.15, -0.1) is 0 Å². The van der Waals surface area contributed by atoms with E-state index in [9.17, 15) is 14.7 Å². The minimum Gasteiger partial charge on any atom is -0.479 e. The fraction of sp³-hybridized carbons (Fsp3) is 0.467. The molecular weight excluding hydrogens is 294 g/mol. The molecule has 1 heterocycles. The van der Waals surface area contributed by atoms with Crippen molar-refractivity contribution in [1.29, 1.82) is 0 Å². The summed E-state index contributed by atoms with van der Waals surface area (Å²) >= 11 is 5.91. The Bertz CT molecular complexity index is 548. The van der Waals surface area contributed by atoms with Crippen LogP contribution in [-0.4, -0.2) is 47.7 Å². The number of methoxy groups -OCH3 is 1. The topological polar surface area (TPSA) is 66.8 Å². The first kappa shape index (κ1) is 15.8. The molecule has 1 atom stereocenters. The number of hydrogen-bond donors (Lipinski definition) is 1. The zero-order valence-corrected chi connectivity index (χ0v) is 12.6. The number of halogens is 1. The molecule has 0 spiro atoms. The minimum atomic E-state index is -1.25. The van der Waals surface area contributed by atoms with Crippen molar-refractivity contribution in [3.63, 3.8) is 0 Å². The first-order valence-electron chi connectivity index (χ1n) is 6.77. The van der Waals surface area contributed by atoms with Crippen molar-refractivity contribution in [1.82, 2.24) is 4.90 Å². The van der Waals surface area contributed by atoms with E-state index in [1.165, 1.54) is 12.0 Å². The highest BCUT2D eigenvalue weighted by molar-refractivity contribution is 6.30. The van der Waals surface area contributed by atoms with Crippen molar-refractivity contribution in [2.45, 2.75) is 24.8 Å². The van der Waals surface area contributed by atoms with E-state index in [4.69, 9.17) is 16.3 Å². The third-order valence-electron chi connectivity index (χ3n) is 3.82. The Morgan fingerprint density at radius 3 is 2.86 bits per heavy atom. The van der Waals surface area contributed by atoms with E-state index in [-0.39, 0.29) is 18.9 Å². The number of hydrogen-bond acceptors (Lipinski definition) is 3. The summed E-state index contributed by atoms with van der Waals surface area (Å²) in [6.07, 6.45) is 1.22. The van der Waals surface area contributed by atoms with Crippen LogP contribution in [-0.2, 0) is 20.7 Å². The summed E-state index contributed by atoms with van der Waals surface area (Å²) < 4.78 is 5.04. The molecule has 1 unspecified atom stereocenters. The summed E-state index contributed by atoms with van der Waals surface area (Å²) in [6, 6.07) is 7.03. The summed E-state index contributed by atoms with van der Waals surface area (Å²) in [7, 11) is 1.45. The molecule has 1 aromatic rings. The summed E-state index contributed by atoms with van der Waals surface area (Å²) in [5.41, 5.74) is -0.471. The number of ether oxygens (including phenoxy) is 1. The number of aliphatic carboxylic acids is 1. The predicted molar refractivity (Wildman–Crippen MR) is 78.3 cm³/mol. The van der Waals surface area contributed by atoms with Gasteiger partial charge in [0.1, 0.15) is 0 Å². The molecule has 1 aromatic carbocycles. The largest absolute Gasteiger partial charge is 0.479 e. The van der Waals surface area contributed by atoms with Crippen LogP contribution in [0.5, 0.6) is 0 Å². The lowest BCUT2D eigenvalue weighted by Gasteiger charge is -2.34. The van der Waals surface area contributed by atoms with E-state index in [2.05, 4.69) is 0 Å². The smallest absolute Gasteiger partial charge is 0.332 e. The van der Waals surface area contributed by atoms with Gasteiger partial charge in [0.05, 0.1) is 13.0 Å². The van der Waals surface area contributed by atoms with Crippen LogP contribution in [0.4, 0.5) is 0 Å². The number of amides is 1. The summed E-state index contributed by atoms with van der Waals surface area (Å²) in [5, 5.41) is 10.1. The number of nitrogens with zero attached hydrogens (tertiary/aromatic N) is 1. The van der Waals surface area contributed by atoms with Gasteiger partial charge in [-0.3, -0.25) is 4.79 Å². The number of rotatable bonds is 5. The van der Waals surface area contributed by atoms with Gasteiger partial charge in [-0.25, -0.2) is 4.79 Å². The Morgan fingerprint density at radius 2 is 2.24 bits per heavy atom. The highest BCUT2D eigenvalue weighted by Crippen LogP contribution is 2.31. The Kier molecular flexibility index (Phi) is 4.85. The molecular formula is C15H18ClNO4. The standard InChI is InChI=1S/C15H18ClNO4/c1-21-10-15(14(19)20)6-3-7-17(15)13(18)9-11-4-2-5-12(16)8-11/h2,4-5,8H,3,6-7,9-10H2,1H3,(H,19,20). The molecule has 1 aliphatic rings. The molecule has 1 amide bonds. The maximum Gasteiger partial charge on any atom is 0.332 e. The van der Waals surface area contributed by atoms with Crippen molar-refractivity contribution >= 4 is 23.5 Å². The van der Waals surface area contributed by atoms with Gasteiger partial charge in [0, 0.05) is 18.7 Å². The normalized spacial score (nSPS) is 21.5. The fourth-order valence-corrected chi connectivity index (χ4v) is 3.04. The van der Waals surface area contributed by atoms with E-state index in [0.29, 0.717) is 24.4 Å². The highest BCUT2D eigenvalue weighted by atomic mass is 35.5. The first-order valence-corrected chi connectivity index (χ1v) is 7.14. The van der Waals surface area contributed by atoms with Crippen molar-refractivity contribution in [2.24, 2.45) is 0 Å².